The number of hydrogen-bond acceptors (Lipinski definition) is 3. The fourth-order valence-electron chi connectivity index (χ4n) is 1.43. The van der Waals surface area contributed by atoms with Gasteiger partial charge in [0.25, 0.3) is 0 Å². The summed E-state index contributed by atoms with van der Waals surface area (Å²) in [5.41, 5.74) is 0. The summed E-state index contributed by atoms with van der Waals surface area (Å²) < 4.78 is 5.77. The van der Waals surface area contributed by atoms with E-state index in [1.54, 1.807) is 11.3 Å². The van der Waals surface area contributed by atoms with Gasteiger partial charge in [0.05, 0.1) is 5.02 Å². The van der Waals surface area contributed by atoms with Gasteiger partial charge in [-0.25, -0.2) is 0 Å². The Hall–Kier alpha value is -0.250. The van der Waals surface area contributed by atoms with E-state index in [0.717, 1.165) is 36.0 Å². The highest BCUT2D eigenvalue weighted by Gasteiger charge is 2.14. The zero-order chi connectivity index (χ0) is 9.10. The lowest BCUT2D eigenvalue weighted by Crippen LogP contribution is -2.33. The van der Waals surface area contributed by atoms with Gasteiger partial charge in [-0.2, -0.15) is 0 Å². The average molecular weight is 218 g/mol. The first kappa shape index (κ1) is 9.31. The van der Waals surface area contributed by atoms with Crippen LogP contribution in [0.5, 0.6) is 5.06 Å². The summed E-state index contributed by atoms with van der Waals surface area (Å²) >= 11 is 7.36. The molecule has 0 unspecified atom stereocenters. The molecule has 0 amide bonds. The van der Waals surface area contributed by atoms with Crippen LogP contribution >= 0.6 is 22.9 Å². The molecule has 0 atom stereocenters. The van der Waals surface area contributed by atoms with Crippen LogP contribution in [-0.4, -0.2) is 19.2 Å². The molecule has 1 N–H and O–H groups in total. The molecule has 1 fully saturated rings. The molecule has 0 aliphatic carbocycles. The number of rotatable bonds is 2. The maximum Gasteiger partial charge on any atom is 0.175 e. The normalized spacial score (nSPS) is 18.8. The molecule has 1 aliphatic heterocycles. The lowest BCUT2D eigenvalue weighted by atomic mass is 10.1. The third kappa shape index (κ3) is 2.59. The first-order valence-corrected chi connectivity index (χ1v) is 5.72. The first-order valence-electron chi connectivity index (χ1n) is 4.46. The van der Waals surface area contributed by atoms with E-state index >= 15 is 0 Å². The van der Waals surface area contributed by atoms with Crippen molar-refractivity contribution in [2.45, 2.75) is 18.9 Å². The monoisotopic (exact) mass is 217 g/mol. The van der Waals surface area contributed by atoms with E-state index in [-0.39, 0.29) is 0 Å². The van der Waals surface area contributed by atoms with Crippen molar-refractivity contribution in [3.8, 4) is 5.06 Å². The lowest BCUT2D eigenvalue weighted by molar-refractivity contribution is 0.168. The van der Waals surface area contributed by atoms with E-state index in [4.69, 9.17) is 16.3 Å². The number of halogens is 1. The number of ether oxygens (including phenoxy) is 1. The molecule has 0 saturated carbocycles. The van der Waals surface area contributed by atoms with Crippen LogP contribution < -0.4 is 10.1 Å². The molecule has 0 bridgehead atoms. The molecule has 4 heteroatoms. The number of nitrogens with one attached hydrogen (secondary N) is 1. The highest BCUT2D eigenvalue weighted by Crippen LogP contribution is 2.28. The Balaban J connectivity index is 1.89. The van der Waals surface area contributed by atoms with Crippen molar-refractivity contribution in [1.82, 2.24) is 5.32 Å². The summed E-state index contributed by atoms with van der Waals surface area (Å²) in [4.78, 5) is 0. The summed E-state index contributed by atoms with van der Waals surface area (Å²) in [7, 11) is 0. The lowest BCUT2D eigenvalue weighted by Gasteiger charge is -2.22. The molecular formula is C9H12ClNOS. The van der Waals surface area contributed by atoms with Crippen LogP contribution in [-0.2, 0) is 0 Å². The Labute approximate surface area is 86.9 Å². The third-order valence-corrected chi connectivity index (χ3v) is 3.28. The predicted octanol–water partition coefficient (Wildman–Crippen LogP) is 2.53. The van der Waals surface area contributed by atoms with Crippen molar-refractivity contribution in [2.75, 3.05) is 13.1 Å². The van der Waals surface area contributed by atoms with Crippen LogP contribution in [0.4, 0.5) is 0 Å². The minimum Gasteiger partial charge on any atom is -0.481 e. The van der Waals surface area contributed by atoms with E-state index in [1.807, 2.05) is 11.4 Å². The quantitative estimate of drug-likeness (QED) is 0.822. The van der Waals surface area contributed by atoms with Crippen LogP contribution in [0.1, 0.15) is 12.8 Å². The molecule has 2 heterocycles. The van der Waals surface area contributed by atoms with Gasteiger partial charge < -0.3 is 10.1 Å². The van der Waals surface area contributed by atoms with Gasteiger partial charge in [-0.1, -0.05) is 11.6 Å². The zero-order valence-corrected chi connectivity index (χ0v) is 8.83. The third-order valence-electron chi connectivity index (χ3n) is 2.11. The molecular weight excluding hydrogens is 206 g/mol. The van der Waals surface area contributed by atoms with Crippen molar-refractivity contribution in [1.29, 1.82) is 0 Å². The topological polar surface area (TPSA) is 21.3 Å². The molecule has 2 rings (SSSR count). The summed E-state index contributed by atoms with van der Waals surface area (Å²) in [5, 5.41) is 6.92. The number of piperidine rings is 1. The Kier molecular flexibility index (Phi) is 3.09. The SMILES string of the molecule is Clc1csc(OC2CCNCC2)c1. The number of hydrogen-bond donors (Lipinski definition) is 1. The van der Waals surface area contributed by atoms with Crippen LogP contribution in [0.25, 0.3) is 0 Å². The highest BCUT2D eigenvalue weighted by molar-refractivity contribution is 7.12. The van der Waals surface area contributed by atoms with Crippen LogP contribution in [0.2, 0.25) is 5.02 Å². The second-order valence-corrected chi connectivity index (χ2v) is 4.46. The second-order valence-electron chi connectivity index (χ2n) is 3.15. The molecule has 0 aromatic carbocycles. The molecule has 13 heavy (non-hydrogen) atoms. The fourth-order valence-corrected chi connectivity index (χ4v) is 2.42. The number of thiophene rings is 1. The highest BCUT2D eigenvalue weighted by atomic mass is 35.5. The summed E-state index contributed by atoms with van der Waals surface area (Å²) in [6.07, 6.45) is 2.56. The molecule has 2 nitrogen and oxygen atoms in total. The van der Waals surface area contributed by atoms with Crippen molar-refractivity contribution in [2.24, 2.45) is 0 Å². The molecule has 72 valence electrons. The maximum atomic E-state index is 5.80. The summed E-state index contributed by atoms with van der Waals surface area (Å²) in [5.74, 6) is 0. The van der Waals surface area contributed by atoms with Crippen molar-refractivity contribution in [3.63, 3.8) is 0 Å². The molecule has 1 aliphatic rings. The zero-order valence-electron chi connectivity index (χ0n) is 7.25. The van der Waals surface area contributed by atoms with E-state index < -0.39 is 0 Å². The van der Waals surface area contributed by atoms with Gasteiger partial charge in [-0.3, -0.25) is 0 Å². The standard InChI is InChI=1S/C9H12ClNOS/c10-7-5-9(13-6-7)12-8-1-3-11-4-2-8/h5-6,8,11H,1-4H2. The molecule has 0 radical (unpaired) electrons. The first-order chi connectivity index (χ1) is 6.34. The molecule has 1 saturated heterocycles. The van der Waals surface area contributed by atoms with Gasteiger partial charge in [-0.05, 0) is 25.9 Å². The Morgan fingerprint density at radius 1 is 1.46 bits per heavy atom. The van der Waals surface area contributed by atoms with Gasteiger partial charge in [0.2, 0.25) is 0 Å². The van der Waals surface area contributed by atoms with E-state index in [0.29, 0.717) is 6.10 Å². The van der Waals surface area contributed by atoms with Crippen LogP contribution in [0, 0.1) is 0 Å². The van der Waals surface area contributed by atoms with Crippen LogP contribution in [0.3, 0.4) is 0 Å². The van der Waals surface area contributed by atoms with E-state index in [9.17, 15) is 0 Å². The minimum absolute atomic E-state index is 0.371. The van der Waals surface area contributed by atoms with Gasteiger partial charge in [0.15, 0.2) is 5.06 Å². The van der Waals surface area contributed by atoms with Gasteiger partial charge in [-0.15, -0.1) is 11.3 Å². The van der Waals surface area contributed by atoms with Crippen molar-refractivity contribution < 1.29 is 4.74 Å². The summed E-state index contributed by atoms with van der Waals surface area (Å²) in [6.45, 7) is 2.12. The largest absolute Gasteiger partial charge is 0.481 e. The van der Waals surface area contributed by atoms with E-state index in [1.165, 1.54) is 0 Å². The second kappa shape index (κ2) is 4.31. The van der Waals surface area contributed by atoms with Crippen molar-refractivity contribution >= 4 is 22.9 Å². The smallest absolute Gasteiger partial charge is 0.175 e. The van der Waals surface area contributed by atoms with Gasteiger partial charge in [0, 0.05) is 11.4 Å². The predicted molar refractivity (Wildman–Crippen MR) is 55.8 cm³/mol. The summed E-state index contributed by atoms with van der Waals surface area (Å²) in [6, 6.07) is 1.88. The molecule has 1 aromatic heterocycles. The molecule has 1 aromatic rings. The van der Waals surface area contributed by atoms with Crippen molar-refractivity contribution in [3.05, 3.63) is 16.5 Å². The fraction of sp³-hybridized carbons (Fsp3) is 0.556. The average Bonchev–Trinajstić information content (AvgIpc) is 2.53. The molecule has 0 spiro atoms. The Morgan fingerprint density at radius 3 is 2.85 bits per heavy atom. The minimum atomic E-state index is 0.371. The Morgan fingerprint density at radius 2 is 2.23 bits per heavy atom. The maximum absolute atomic E-state index is 5.80. The van der Waals surface area contributed by atoms with E-state index in [2.05, 4.69) is 5.32 Å². The van der Waals surface area contributed by atoms with Gasteiger partial charge >= 0.3 is 0 Å². The Bertz CT molecular complexity index is 270. The van der Waals surface area contributed by atoms with Crippen LogP contribution in [0.15, 0.2) is 11.4 Å². The van der Waals surface area contributed by atoms with Gasteiger partial charge in [0.1, 0.15) is 6.10 Å².